The molecule has 100 valence electrons. The highest BCUT2D eigenvalue weighted by Gasteiger charge is 2.28. The molecule has 1 aromatic heterocycles. The maximum absolute atomic E-state index is 11.4. The van der Waals surface area contributed by atoms with E-state index in [1.165, 1.54) is 6.26 Å². The Kier molecular flexibility index (Phi) is 4.12. The first kappa shape index (κ1) is 13.6. The average Bonchev–Trinajstić information content (AvgIpc) is 2.32. The van der Waals surface area contributed by atoms with Crippen molar-refractivity contribution in [1.29, 1.82) is 0 Å². The number of rotatable bonds is 3. The fourth-order valence-electron chi connectivity index (χ4n) is 2.18. The van der Waals surface area contributed by atoms with Crippen LogP contribution in [0.5, 0.6) is 5.88 Å². The van der Waals surface area contributed by atoms with Gasteiger partial charge in [-0.1, -0.05) is 11.6 Å². The lowest BCUT2D eigenvalue weighted by Gasteiger charge is -2.27. The molecule has 1 heterocycles. The highest BCUT2D eigenvalue weighted by Crippen LogP contribution is 2.26. The van der Waals surface area contributed by atoms with Crippen molar-refractivity contribution in [3.05, 3.63) is 23.4 Å². The van der Waals surface area contributed by atoms with Gasteiger partial charge >= 0.3 is 0 Å². The minimum Gasteiger partial charge on any atom is -0.474 e. The number of aromatic nitrogens is 1. The second kappa shape index (κ2) is 5.45. The van der Waals surface area contributed by atoms with Crippen molar-refractivity contribution in [2.75, 3.05) is 6.26 Å². The number of ether oxygens (including phenoxy) is 1. The monoisotopic (exact) mass is 289 g/mol. The van der Waals surface area contributed by atoms with Gasteiger partial charge in [0.15, 0.2) is 0 Å². The predicted octanol–water partition coefficient (Wildman–Crippen LogP) is 2.47. The van der Waals surface area contributed by atoms with Crippen LogP contribution in [0.25, 0.3) is 0 Å². The van der Waals surface area contributed by atoms with E-state index in [-0.39, 0.29) is 11.4 Å². The van der Waals surface area contributed by atoms with Gasteiger partial charge < -0.3 is 4.74 Å². The Morgan fingerprint density at radius 1 is 1.28 bits per heavy atom. The van der Waals surface area contributed by atoms with Crippen molar-refractivity contribution in [2.45, 2.75) is 37.0 Å². The minimum absolute atomic E-state index is 0.0525. The molecule has 0 saturated heterocycles. The fourth-order valence-corrected chi connectivity index (χ4v) is 3.42. The molecule has 0 N–H and O–H groups in total. The Morgan fingerprint density at radius 3 is 2.44 bits per heavy atom. The van der Waals surface area contributed by atoms with Crippen LogP contribution in [0, 0.1) is 0 Å². The van der Waals surface area contributed by atoms with Gasteiger partial charge in [0.05, 0.1) is 10.3 Å². The molecule has 0 unspecified atom stereocenters. The molecule has 1 aliphatic carbocycles. The van der Waals surface area contributed by atoms with E-state index in [2.05, 4.69) is 4.98 Å². The highest BCUT2D eigenvalue weighted by molar-refractivity contribution is 7.91. The first-order valence-corrected chi connectivity index (χ1v) is 8.25. The molecule has 0 bridgehead atoms. The zero-order valence-electron chi connectivity index (χ0n) is 10.2. The molecule has 0 aromatic carbocycles. The van der Waals surface area contributed by atoms with E-state index in [1.807, 2.05) is 0 Å². The van der Waals surface area contributed by atoms with Crippen LogP contribution in [0.15, 0.2) is 18.3 Å². The first-order chi connectivity index (χ1) is 8.45. The summed E-state index contributed by atoms with van der Waals surface area (Å²) in [5.41, 5.74) is 0. The van der Waals surface area contributed by atoms with Crippen molar-refractivity contribution >= 4 is 21.4 Å². The van der Waals surface area contributed by atoms with E-state index in [9.17, 15) is 8.42 Å². The van der Waals surface area contributed by atoms with Crippen molar-refractivity contribution in [1.82, 2.24) is 4.98 Å². The van der Waals surface area contributed by atoms with Crippen LogP contribution in [0.1, 0.15) is 25.7 Å². The Labute approximate surface area is 112 Å². The van der Waals surface area contributed by atoms with Crippen LogP contribution in [0.2, 0.25) is 5.02 Å². The third-order valence-corrected chi connectivity index (χ3v) is 5.12. The number of sulfone groups is 1. The second-order valence-electron chi connectivity index (χ2n) is 4.66. The second-order valence-corrected chi connectivity index (χ2v) is 7.42. The zero-order chi connectivity index (χ0) is 13.2. The molecule has 0 radical (unpaired) electrons. The molecule has 1 aliphatic rings. The zero-order valence-corrected chi connectivity index (χ0v) is 11.7. The minimum atomic E-state index is -2.92. The standard InChI is InChI=1S/C12H16ClNO3S/c1-18(15,16)11-5-3-10(4-6-11)17-12-7-2-9(13)8-14-12/h2,7-8,10-11H,3-6H2,1H3. The molecular formula is C12H16ClNO3S. The largest absolute Gasteiger partial charge is 0.474 e. The summed E-state index contributed by atoms with van der Waals surface area (Å²) in [5.74, 6) is 0.544. The molecule has 18 heavy (non-hydrogen) atoms. The summed E-state index contributed by atoms with van der Waals surface area (Å²) >= 11 is 5.74. The summed E-state index contributed by atoms with van der Waals surface area (Å²) in [5, 5.41) is 0.360. The Morgan fingerprint density at radius 2 is 1.94 bits per heavy atom. The van der Waals surface area contributed by atoms with E-state index in [0.29, 0.717) is 23.7 Å². The molecule has 1 aromatic rings. The fraction of sp³-hybridized carbons (Fsp3) is 0.583. The number of hydrogen-bond donors (Lipinski definition) is 0. The summed E-state index contributed by atoms with van der Waals surface area (Å²) in [7, 11) is -2.92. The SMILES string of the molecule is CS(=O)(=O)C1CCC(Oc2ccc(Cl)cn2)CC1. The van der Waals surface area contributed by atoms with Gasteiger partial charge in [-0.2, -0.15) is 0 Å². The lowest BCUT2D eigenvalue weighted by atomic mass is 9.97. The highest BCUT2D eigenvalue weighted by atomic mass is 35.5. The van der Waals surface area contributed by atoms with E-state index in [1.54, 1.807) is 18.3 Å². The third kappa shape index (κ3) is 3.59. The first-order valence-electron chi connectivity index (χ1n) is 5.92. The Bertz CT molecular complexity index is 493. The molecule has 1 saturated carbocycles. The summed E-state index contributed by atoms with van der Waals surface area (Å²) in [6, 6.07) is 3.46. The number of hydrogen-bond acceptors (Lipinski definition) is 4. The van der Waals surface area contributed by atoms with E-state index in [0.717, 1.165) is 12.8 Å². The third-order valence-electron chi connectivity index (χ3n) is 3.21. The summed E-state index contributed by atoms with van der Waals surface area (Å²) in [6.45, 7) is 0. The average molecular weight is 290 g/mol. The summed E-state index contributed by atoms with van der Waals surface area (Å²) in [4.78, 5) is 4.07. The van der Waals surface area contributed by atoms with Crippen LogP contribution < -0.4 is 4.74 Å². The molecule has 1 fully saturated rings. The van der Waals surface area contributed by atoms with Crippen LogP contribution >= 0.6 is 11.6 Å². The van der Waals surface area contributed by atoms with Gasteiger partial charge in [0, 0.05) is 18.5 Å². The lowest BCUT2D eigenvalue weighted by Crippen LogP contribution is -2.31. The van der Waals surface area contributed by atoms with Gasteiger partial charge in [-0.15, -0.1) is 0 Å². The van der Waals surface area contributed by atoms with Crippen molar-refractivity contribution in [2.24, 2.45) is 0 Å². The van der Waals surface area contributed by atoms with Crippen molar-refractivity contribution in [3.8, 4) is 5.88 Å². The van der Waals surface area contributed by atoms with E-state index in [4.69, 9.17) is 16.3 Å². The van der Waals surface area contributed by atoms with Gasteiger partial charge in [0.25, 0.3) is 0 Å². The van der Waals surface area contributed by atoms with Gasteiger partial charge in [-0.25, -0.2) is 13.4 Å². The summed E-state index contributed by atoms with van der Waals surface area (Å²) in [6.07, 6.45) is 5.73. The molecule has 0 aliphatic heterocycles. The molecule has 4 nitrogen and oxygen atoms in total. The quantitative estimate of drug-likeness (QED) is 0.858. The van der Waals surface area contributed by atoms with Gasteiger partial charge in [0.2, 0.25) is 5.88 Å². The molecule has 0 amide bonds. The van der Waals surface area contributed by atoms with Crippen molar-refractivity contribution in [3.63, 3.8) is 0 Å². The van der Waals surface area contributed by atoms with Gasteiger partial charge in [-0.3, -0.25) is 0 Å². The topological polar surface area (TPSA) is 56.3 Å². The maximum Gasteiger partial charge on any atom is 0.213 e. The van der Waals surface area contributed by atoms with Gasteiger partial charge in [-0.05, 0) is 31.7 Å². The molecular weight excluding hydrogens is 274 g/mol. The van der Waals surface area contributed by atoms with E-state index >= 15 is 0 Å². The Hall–Kier alpha value is -0.810. The van der Waals surface area contributed by atoms with Crippen molar-refractivity contribution < 1.29 is 13.2 Å². The normalized spacial score (nSPS) is 24.8. The van der Waals surface area contributed by atoms with Crippen LogP contribution in [0.4, 0.5) is 0 Å². The van der Waals surface area contributed by atoms with Crippen LogP contribution in [0.3, 0.4) is 0 Å². The van der Waals surface area contributed by atoms with Gasteiger partial charge in [0.1, 0.15) is 15.9 Å². The number of halogens is 1. The smallest absolute Gasteiger partial charge is 0.213 e. The predicted molar refractivity (Wildman–Crippen MR) is 70.8 cm³/mol. The molecule has 6 heteroatoms. The van der Waals surface area contributed by atoms with E-state index < -0.39 is 9.84 Å². The maximum atomic E-state index is 11.4. The lowest BCUT2D eigenvalue weighted by molar-refractivity contribution is 0.149. The molecule has 0 spiro atoms. The van der Waals surface area contributed by atoms with Crippen LogP contribution in [-0.2, 0) is 9.84 Å². The summed E-state index contributed by atoms with van der Waals surface area (Å²) < 4.78 is 28.5. The molecule has 2 rings (SSSR count). The Balaban J connectivity index is 1.89. The van der Waals surface area contributed by atoms with Crippen LogP contribution in [-0.4, -0.2) is 31.0 Å². The molecule has 0 atom stereocenters. The number of pyridine rings is 1. The number of nitrogens with zero attached hydrogens (tertiary/aromatic N) is 1.